The van der Waals surface area contributed by atoms with Crippen LogP contribution >= 0.6 is 0 Å². The monoisotopic (exact) mass is 391 g/mol. The van der Waals surface area contributed by atoms with E-state index in [1.807, 2.05) is 36.4 Å². The highest BCUT2D eigenvalue weighted by atomic mass is 16.5. The Bertz CT molecular complexity index is 928. The van der Waals surface area contributed by atoms with Crippen molar-refractivity contribution in [3.05, 3.63) is 78.1 Å². The van der Waals surface area contributed by atoms with Crippen molar-refractivity contribution in [3.8, 4) is 11.5 Å². The average molecular weight is 391 g/mol. The number of carbonyl (C=O) groups is 1. The second-order valence-corrected chi connectivity index (χ2v) is 6.47. The molecule has 3 rings (SSSR count). The second kappa shape index (κ2) is 10.1. The van der Waals surface area contributed by atoms with Gasteiger partial charge in [-0.3, -0.25) is 4.79 Å². The van der Waals surface area contributed by atoms with E-state index in [-0.39, 0.29) is 5.91 Å². The Kier molecular flexibility index (Phi) is 7.05. The Morgan fingerprint density at radius 1 is 1.00 bits per heavy atom. The summed E-state index contributed by atoms with van der Waals surface area (Å²) in [5.74, 6) is 1.20. The smallest absolute Gasteiger partial charge is 0.269 e. The summed E-state index contributed by atoms with van der Waals surface area (Å²) in [6.45, 7) is 0.610. The molecule has 0 radical (unpaired) electrons. The van der Waals surface area contributed by atoms with Crippen LogP contribution in [0.3, 0.4) is 0 Å². The summed E-state index contributed by atoms with van der Waals surface area (Å²) in [7, 11) is 3.21. The molecule has 0 unspecified atom stereocenters. The minimum absolute atomic E-state index is 0.174. The molecule has 6 nitrogen and oxygen atoms in total. The van der Waals surface area contributed by atoms with Gasteiger partial charge in [0.2, 0.25) is 0 Å². The third-order valence-electron chi connectivity index (χ3n) is 4.45. The number of aromatic nitrogens is 1. The molecule has 1 amide bonds. The first-order valence-electron chi connectivity index (χ1n) is 9.47. The summed E-state index contributed by atoms with van der Waals surface area (Å²) in [6.07, 6.45) is 3.44. The first-order chi connectivity index (χ1) is 14.2. The highest BCUT2D eigenvalue weighted by Crippen LogP contribution is 2.31. The number of anilines is 2. The third-order valence-corrected chi connectivity index (χ3v) is 4.45. The van der Waals surface area contributed by atoms with Crippen LogP contribution in [0.15, 0.2) is 66.9 Å². The Morgan fingerprint density at radius 2 is 1.83 bits per heavy atom. The highest BCUT2D eigenvalue weighted by Gasteiger charge is 2.09. The van der Waals surface area contributed by atoms with E-state index in [4.69, 9.17) is 9.47 Å². The number of nitrogens with zero attached hydrogens (tertiary/aromatic N) is 1. The van der Waals surface area contributed by atoms with Gasteiger partial charge in [-0.2, -0.15) is 0 Å². The summed E-state index contributed by atoms with van der Waals surface area (Å²) in [5, 5.41) is 6.15. The zero-order chi connectivity index (χ0) is 20.5. The van der Waals surface area contributed by atoms with Crippen LogP contribution in [-0.2, 0) is 6.42 Å². The van der Waals surface area contributed by atoms with Crippen molar-refractivity contribution >= 4 is 17.3 Å². The fourth-order valence-corrected chi connectivity index (χ4v) is 2.89. The summed E-state index contributed by atoms with van der Waals surface area (Å²) in [6, 6.07) is 19.2. The molecule has 0 aliphatic carbocycles. The molecule has 1 heterocycles. The van der Waals surface area contributed by atoms with Gasteiger partial charge in [0.25, 0.3) is 5.91 Å². The van der Waals surface area contributed by atoms with Gasteiger partial charge in [0.15, 0.2) is 0 Å². The lowest BCUT2D eigenvalue weighted by Gasteiger charge is -2.12. The van der Waals surface area contributed by atoms with Crippen molar-refractivity contribution in [2.24, 2.45) is 0 Å². The summed E-state index contributed by atoms with van der Waals surface area (Å²) >= 11 is 0. The van der Waals surface area contributed by atoms with Gasteiger partial charge < -0.3 is 20.1 Å². The number of nitrogens with one attached hydrogen (secondary N) is 2. The van der Waals surface area contributed by atoms with Crippen LogP contribution in [0.5, 0.6) is 11.5 Å². The lowest BCUT2D eigenvalue weighted by atomic mass is 10.1. The molecule has 29 heavy (non-hydrogen) atoms. The average Bonchev–Trinajstić information content (AvgIpc) is 2.78. The fraction of sp³-hybridized carbons (Fsp3) is 0.217. The molecule has 6 heteroatoms. The highest BCUT2D eigenvalue weighted by molar-refractivity contribution is 5.92. The van der Waals surface area contributed by atoms with Crippen molar-refractivity contribution in [2.75, 3.05) is 26.1 Å². The van der Waals surface area contributed by atoms with E-state index in [9.17, 15) is 4.79 Å². The molecule has 1 aromatic heterocycles. The number of pyridine rings is 1. The van der Waals surface area contributed by atoms with Gasteiger partial charge in [-0.15, -0.1) is 0 Å². The van der Waals surface area contributed by atoms with Crippen LogP contribution in [-0.4, -0.2) is 31.7 Å². The Labute approximate surface area is 170 Å². The number of rotatable bonds is 9. The van der Waals surface area contributed by atoms with Gasteiger partial charge in [-0.05, 0) is 42.7 Å². The Hall–Kier alpha value is -3.54. The molecule has 0 spiro atoms. The van der Waals surface area contributed by atoms with Crippen LogP contribution < -0.4 is 20.1 Å². The van der Waals surface area contributed by atoms with Gasteiger partial charge in [0, 0.05) is 12.6 Å². The fourth-order valence-electron chi connectivity index (χ4n) is 2.89. The normalized spacial score (nSPS) is 10.3. The van der Waals surface area contributed by atoms with Crippen molar-refractivity contribution in [3.63, 3.8) is 0 Å². The molecule has 150 valence electrons. The predicted octanol–water partition coefficient (Wildman–Crippen LogP) is 4.21. The lowest BCUT2D eigenvalue weighted by molar-refractivity contribution is 0.0948. The number of hydrogen-bond donors (Lipinski definition) is 2. The minimum atomic E-state index is -0.174. The Morgan fingerprint density at radius 3 is 2.52 bits per heavy atom. The van der Waals surface area contributed by atoms with E-state index >= 15 is 0 Å². The van der Waals surface area contributed by atoms with E-state index in [1.165, 1.54) is 5.56 Å². The van der Waals surface area contributed by atoms with Crippen LogP contribution in [0.2, 0.25) is 0 Å². The number of aryl methyl sites for hydroxylation is 1. The van der Waals surface area contributed by atoms with E-state index < -0.39 is 0 Å². The minimum Gasteiger partial charge on any atom is -0.497 e. The molecule has 0 saturated heterocycles. The number of ether oxygens (including phenoxy) is 2. The van der Waals surface area contributed by atoms with Crippen LogP contribution in [0, 0.1) is 0 Å². The molecule has 0 aliphatic heterocycles. The number of benzene rings is 2. The van der Waals surface area contributed by atoms with Crippen molar-refractivity contribution in [1.29, 1.82) is 0 Å². The summed E-state index contributed by atoms with van der Waals surface area (Å²) in [5.41, 5.74) is 3.20. The number of amides is 1. The van der Waals surface area contributed by atoms with E-state index in [0.717, 1.165) is 24.2 Å². The molecular weight excluding hydrogens is 366 g/mol. The maximum absolute atomic E-state index is 12.3. The molecule has 3 aromatic rings. The van der Waals surface area contributed by atoms with Gasteiger partial charge in [0.05, 0.1) is 31.8 Å². The first kappa shape index (κ1) is 20.2. The molecule has 2 aromatic carbocycles. The van der Waals surface area contributed by atoms with Crippen molar-refractivity contribution in [2.45, 2.75) is 12.8 Å². The second-order valence-electron chi connectivity index (χ2n) is 6.47. The maximum Gasteiger partial charge on any atom is 0.269 e. The van der Waals surface area contributed by atoms with Crippen LogP contribution in [0.25, 0.3) is 0 Å². The van der Waals surface area contributed by atoms with Crippen molar-refractivity contribution in [1.82, 2.24) is 10.3 Å². The summed E-state index contributed by atoms with van der Waals surface area (Å²) < 4.78 is 10.6. The third kappa shape index (κ3) is 5.72. The van der Waals surface area contributed by atoms with Gasteiger partial charge >= 0.3 is 0 Å². The van der Waals surface area contributed by atoms with Gasteiger partial charge in [0.1, 0.15) is 17.2 Å². The molecular formula is C23H25N3O3. The van der Waals surface area contributed by atoms with E-state index in [1.54, 1.807) is 32.5 Å². The Balaban J connectivity index is 1.52. The largest absolute Gasteiger partial charge is 0.497 e. The molecule has 0 saturated carbocycles. The zero-order valence-corrected chi connectivity index (χ0v) is 16.6. The van der Waals surface area contributed by atoms with Crippen LogP contribution in [0.1, 0.15) is 22.5 Å². The quantitative estimate of drug-likeness (QED) is 0.535. The number of carbonyl (C=O) groups excluding carboxylic acids is 1. The SMILES string of the molecule is COc1ccc(Nc2ccc(C(=O)NCCCc3ccccc3)nc2)c(OC)c1. The maximum atomic E-state index is 12.3. The van der Waals surface area contributed by atoms with E-state index in [2.05, 4.69) is 27.8 Å². The molecule has 0 fully saturated rings. The molecule has 2 N–H and O–H groups in total. The number of hydrogen-bond acceptors (Lipinski definition) is 5. The van der Waals surface area contributed by atoms with Gasteiger partial charge in [-0.25, -0.2) is 4.98 Å². The zero-order valence-electron chi connectivity index (χ0n) is 16.6. The molecule has 0 atom stereocenters. The first-order valence-corrected chi connectivity index (χ1v) is 9.47. The molecule has 0 aliphatic rings. The van der Waals surface area contributed by atoms with Crippen LogP contribution in [0.4, 0.5) is 11.4 Å². The lowest BCUT2D eigenvalue weighted by Crippen LogP contribution is -2.25. The standard InChI is InChI=1S/C23H25N3O3/c1-28-19-11-13-20(22(15-19)29-2)26-18-10-12-21(25-16-18)23(27)24-14-6-9-17-7-4-3-5-8-17/h3-5,7-8,10-13,15-16,26H,6,9,14H2,1-2H3,(H,24,27). The topological polar surface area (TPSA) is 72.5 Å². The van der Waals surface area contributed by atoms with Gasteiger partial charge in [-0.1, -0.05) is 30.3 Å². The van der Waals surface area contributed by atoms with Crippen molar-refractivity contribution < 1.29 is 14.3 Å². The predicted molar refractivity (Wildman–Crippen MR) is 114 cm³/mol. The summed E-state index contributed by atoms with van der Waals surface area (Å²) in [4.78, 5) is 16.5. The van der Waals surface area contributed by atoms with E-state index in [0.29, 0.717) is 23.7 Å². The molecule has 0 bridgehead atoms. The number of methoxy groups -OCH3 is 2.